The van der Waals surface area contributed by atoms with E-state index in [1.807, 2.05) is 6.92 Å². The Morgan fingerprint density at radius 3 is 2.50 bits per heavy atom. The van der Waals surface area contributed by atoms with E-state index in [-0.39, 0.29) is 0 Å². The summed E-state index contributed by atoms with van der Waals surface area (Å²) in [5.41, 5.74) is 0. The van der Waals surface area contributed by atoms with Crippen molar-refractivity contribution in [3.05, 3.63) is 0 Å². The molecule has 0 saturated heterocycles. The molecule has 0 aromatic rings. The standard InChI is InChI=1S/C10H19NO/c1-5-6-7-11-10(8-12-4)9(2)3/h9-11H,7-8H2,1-4H3. The van der Waals surface area contributed by atoms with Crippen LogP contribution < -0.4 is 5.32 Å². The Morgan fingerprint density at radius 1 is 1.42 bits per heavy atom. The van der Waals surface area contributed by atoms with Crippen molar-refractivity contribution < 1.29 is 4.74 Å². The lowest BCUT2D eigenvalue weighted by Crippen LogP contribution is -2.37. The fraction of sp³-hybridized carbons (Fsp3) is 0.800. The molecule has 0 aliphatic carbocycles. The zero-order valence-corrected chi connectivity index (χ0v) is 8.48. The Bertz CT molecular complexity index is 155. The predicted octanol–water partition coefficient (Wildman–Crippen LogP) is 1.27. The van der Waals surface area contributed by atoms with Crippen LogP contribution in [-0.2, 0) is 4.74 Å². The van der Waals surface area contributed by atoms with Crippen molar-refractivity contribution in [1.82, 2.24) is 5.32 Å². The summed E-state index contributed by atoms with van der Waals surface area (Å²) in [4.78, 5) is 0. The second-order valence-electron chi connectivity index (χ2n) is 3.11. The monoisotopic (exact) mass is 169 g/mol. The Kier molecular flexibility index (Phi) is 6.84. The number of ether oxygens (including phenoxy) is 1. The third kappa shape index (κ3) is 5.17. The van der Waals surface area contributed by atoms with Crippen molar-refractivity contribution in [3.63, 3.8) is 0 Å². The van der Waals surface area contributed by atoms with Crippen molar-refractivity contribution in [3.8, 4) is 11.8 Å². The largest absolute Gasteiger partial charge is 0.383 e. The van der Waals surface area contributed by atoms with Crippen LogP contribution in [0, 0.1) is 17.8 Å². The molecule has 0 amide bonds. The molecular formula is C10H19NO. The highest BCUT2D eigenvalue weighted by Gasteiger charge is 2.10. The number of rotatable bonds is 5. The summed E-state index contributed by atoms with van der Waals surface area (Å²) in [5, 5.41) is 3.32. The van der Waals surface area contributed by atoms with Gasteiger partial charge in [-0.05, 0) is 12.8 Å². The lowest BCUT2D eigenvalue weighted by atomic mass is 10.1. The molecule has 0 fully saturated rings. The molecule has 0 aromatic carbocycles. The highest BCUT2D eigenvalue weighted by molar-refractivity contribution is 4.97. The third-order valence-corrected chi connectivity index (χ3v) is 1.78. The number of methoxy groups -OCH3 is 1. The van der Waals surface area contributed by atoms with Gasteiger partial charge >= 0.3 is 0 Å². The summed E-state index contributed by atoms with van der Waals surface area (Å²) < 4.78 is 5.09. The van der Waals surface area contributed by atoms with Crippen LogP contribution in [0.15, 0.2) is 0 Å². The van der Waals surface area contributed by atoms with Gasteiger partial charge in [-0.3, -0.25) is 0 Å². The van der Waals surface area contributed by atoms with Crippen LogP contribution in [0.1, 0.15) is 20.8 Å². The lowest BCUT2D eigenvalue weighted by molar-refractivity contribution is 0.149. The van der Waals surface area contributed by atoms with Crippen molar-refractivity contribution >= 4 is 0 Å². The molecule has 2 heteroatoms. The fourth-order valence-corrected chi connectivity index (χ4v) is 0.937. The molecule has 0 aromatic heterocycles. The molecule has 0 spiro atoms. The molecule has 2 nitrogen and oxygen atoms in total. The van der Waals surface area contributed by atoms with Crippen molar-refractivity contribution in [1.29, 1.82) is 0 Å². The quantitative estimate of drug-likeness (QED) is 0.626. The summed E-state index contributed by atoms with van der Waals surface area (Å²) in [6.07, 6.45) is 0. The minimum Gasteiger partial charge on any atom is -0.383 e. The van der Waals surface area contributed by atoms with E-state index in [1.54, 1.807) is 7.11 Å². The van der Waals surface area contributed by atoms with E-state index >= 15 is 0 Å². The van der Waals surface area contributed by atoms with Gasteiger partial charge in [0.05, 0.1) is 13.2 Å². The van der Waals surface area contributed by atoms with E-state index in [2.05, 4.69) is 31.0 Å². The van der Waals surface area contributed by atoms with Gasteiger partial charge in [-0.2, -0.15) is 0 Å². The predicted molar refractivity (Wildman–Crippen MR) is 52.0 cm³/mol. The maximum Gasteiger partial charge on any atom is 0.0618 e. The molecule has 0 bridgehead atoms. The van der Waals surface area contributed by atoms with Crippen LogP contribution in [0.3, 0.4) is 0 Å². The van der Waals surface area contributed by atoms with Gasteiger partial charge in [-0.15, -0.1) is 5.92 Å². The van der Waals surface area contributed by atoms with Gasteiger partial charge in [0.25, 0.3) is 0 Å². The van der Waals surface area contributed by atoms with E-state index in [4.69, 9.17) is 4.74 Å². The van der Waals surface area contributed by atoms with Crippen molar-refractivity contribution in [2.75, 3.05) is 20.3 Å². The van der Waals surface area contributed by atoms with Crippen LogP contribution in [-0.4, -0.2) is 26.3 Å². The second-order valence-corrected chi connectivity index (χ2v) is 3.11. The molecular weight excluding hydrogens is 150 g/mol. The highest BCUT2D eigenvalue weighted by Crippen LogP contribution is 2.00. The van der Waals surface area contributed by atoms with Crippen molar-refractivity contribution in [2.45, 2.75) is 26.8 Å². The molecule has 0 aliphatic rings. The van der Waals surface area contributed by atoms with Crippen LogP contribution in [0.25, 0.3) is 0 Å². The van der Waals surface area contributed by atoms with E-state index in [9.17, 15) is 0 Å². The van der Waals surface area contributed by atoms with Gasteiger partial charge in [-0.25, -0.2) is 0 Å². The summed E-state index contributed by atoms with van der Waals surface area (Å²) in [5.74, 6) is 6.41. The first kappa shape index (κ1) is 11.5. The molecule has 0 heterocycles. The highest BCUT2D eigenvalue weighted by atomic mass is 16.5. The molecule has 0 radical (unpaired) electrons. The normalized spacial score (nSPS) is 12.4. The zero-order chi connectivity index (χ0) is 9.40. The van der Waals surface area contributed by atoms with E-state index in [0.717, 1.165) is 13.2 Å². The van der Waals surface area contributed by atoms with Gasteiger partial charge in [-0.1, -0.05) is 19.8 Å². The van der Waals surface area contributed by atoms with Gasteiger partial charge < -0.3 is 10.1 Å². The van der Waals surface area contributed by atoms with Crippen LogP contribution >= 0.6 is 0 Å². The first-order valence-corrected chi connectivity index (χ1v) is 4.34. The number of hydrogen-bond acceptors (Lipinski definition) is 2. The Labute approximate surface area is 75.7 Å². The topological polar surface area (TPSA) is 21.3 Å². The first-order valence-electron chi connectivity index (χ1n) is 4.34. The molecule has 1 N–H and O–H groups in total. The third-order valence-electron chi connectivity index (χ3n) is 1.78. The van der Waals surface area contributed by atoms with E-state index < -0.39 is 0 Å². The summed E-state index contributed by atoms with van der Waals surface area (Å²) >= 11 is 0. The maximum absolute atomic E-state index is 5.09. The molecule has 1 unspecified atom stereocenters. The fourth-order valence-electron chi connectivity index (χ4n) is 0.937. The zero-order valence-electron chi connectivity index (χ0n) is 8.48. The SMILES string of the molecule is CC#CCNC(COC)C(C)C. The minimum atomic E-state index is 0.413. The van der Waals surface area contributed by atoms with E-state index in [1.165, 1.54) is 0 Å². The Hall–Kier alpha value is -0.520. The molecule has 0 saturated carbocycles. The number of hydrogen-bond donors (Lipinski definition) is 1. The van der Waals surface area contributed by atoms with Crippen LogP contribution in [0.4, 0.5) is 0 Å². The minimum absolute atomic E-state index is 0.413. The van der Waals surface area contributed by atoms with Crippen LogP contribution in [0.2, 0.25) is 0 Å². The summed E-state index contributed by atoms with van der Waals surface area (Å²) in [7, 11) is 1.72. The van der Waals surface area contributed by atoms with Gasteiger partial charge in [0.2, 0.25) is 0 Å². The second kappa shape index (κ2) is 7.15. The smallest absolute Gasteiger partial charge is 0.0618 e. The lowest BCUT2D eigenvalue weighted by Gasteiger charge is -2.19. The summed E-state index contributed by atoms with van der Waals surface area (Å²) in [6.45, 7) is 7.71. The van der Waals surface area contributed by atoms with Crippen LogP contribution in [0.5, 0.6) is 0 Å². The molecule has 0 rings (SSSR count). The van der Waals surface area contributed by atoms with Gasteiger partial charge in [0, 0.05) is 13.2 Å². The summed E-state index contributed by atoms with van der Waals surface area (Å²) in [6, 6.07) is 0.413. The molecule has 0 aliphatic heterocycles. The average molecular weight is 169 g/mol. The van der Waals surface area contributed by atoms with Gasteiger partial charge in [0.15, 0.2) is 0 Å². The molecule has 12 heavy (non-hydrogen) atoms. The number of nitrogens with one attached hydrogen (secondary N) is 1. The Morgan fingerprint density at radius 2 is 2.08 bits per heavy atom. The van der Waals surface area contributed by atoms with E-state index in [0.29, 0.717) is 12.0 Å². The maximum atomic E-state index is 5.09. The Balaban J connectivity index is 3.68. The first-order chi connectivity index (χ1) is 5.72. The average Bonchev–Trinajstić information content (AvgIpc) is 2.03. The molecule has 70 valence electrons. The van der Waals surface area contributed by atoms with Crippen molar-refractivity contribution in [2.24, 2.45) is 5.92 Å². The molecule has 1 atom stereocenters. The van der Waals surface area contributed by atoms with Gasteiger partial charge in [0.1, 0.15) is 0 Å².